The average molecular weight is 326 g/mol. The van der Waals surface area contributed by atoms with E-state index in [0.717, 1.165) is 24.6 Å². The third-order valence-corrected chi connectivity index (χ3v) is 4.52. The molecule has 3 unspecified atom stereocenters. The smallest absolute Gasteiger partial charge is 0.232 e. The Bertz CT molecular complexity index is 664. The van der Waals surface area contributed by atoms with Crippen LogP contribution in [-0.2, 0) is 0 Å². The minimum atomic E-state index is 0.122. The van der Waals surface area contributed by atoms with Gasteiger partial charge in [0.15, 0.2) is 5.82 Å². The molecule has 128 valence electrons. The number of nitrogens with two attached hydrogens (primary N) is 1. The molecule has 0 spiro atoms. The molecule has 3 rings (SSSR count). The Kier molecular flexibility index (Phi) is 4.94. The number of nitrogens with zero attached hydrogens (tertiary/aromatic N) is 4. The fourth-order valence-corrected chi connectivity index (χ4v) is 3.49. The van der Waals surface area contributed by atoms with Crippen molar-refractivity contribution in [3.05, 3.63) is 36.2 Å². The quantitative estimate of drug-likeness (QED) is 0.898. The Morgan fingerprint density at radius 1 is 1.08 bits per heavy atom. The molecule has 3 atom stereocenters. The third-order valence-electron chi connectivity index (χ3n) is 4.52. The van der Waals surface area contributed by atoms with Crippen molar-refractivity contribution < 1.29 is 0 Å². The Hall–Kier alpha value is -2.21. The molecule has 0 amide bonds. The first-order chi connectivity index (χ1) is 11.5. The lowest BCUT2D eigenvalue weighted by molar-refractivity contribution is 0.0992. The molecule has 3 N–H and O–H groups in total. The lowest BCUT2D eigenvalue weighted by atomic mass is 9.91. The van der Waals surface area contributed by atoms with Gasteiger partial charge in [-0.3, -0.25) is 4.90 Å². The highest BCUT2D eigenvalue weighted by Crippen LogP contribution is 2.28. The van der Waals surface area contributed by atoms with E-state index >= 15 is 0 Å². The summed E-state index contributed by atoms with van der Waals surface area (Å²) in [5, 5.41) is 3.20. The number of hydrogen-bond acceptors (Lipinski definition) is 6. The van der Waals surface area contributed by atoms with E-state index in [1.807, 2.05) is 30.3 Å². The number of benzene rings is 1. The summed E-state index contributed by atoms with van der Waals surface area (Å²) < 4.78 is 0. The number of nitrogen functional groups attached to an aromatic ring is 1. The lowest BCUT2D eigenvalue weighted by Crippen LogP contribution is -2.40. The summed E-state index contributed by atoms with van der Waals surface area (Å²) in [4.78, 5) is 15.6. The molecule has 1 aliphatic rings. The summed E-state index contributed by atoms with van der Waals surface area (Å²) in [6.45, 7) is 8.89. The van der Waals surface area contributed by atoms with Crippen LogP contribution < -0.4 is 11.1 Å². The second-order valence-electron chi connectivity index (χ2n) is 6.94. The number of hydrogen-bond donors (Lipinski definition) is 2. The molecule has 1 saturated heterocycles. The number of rotatable bonds is 4. The lowest BCUT2D eigenvalue weighted by Gasteiger charge is -2.38. The Morgan fingerprint density at radius 2 is 1.75 bits per heavy atom. The summed E-state index contributed by atoms with van der Waals surface area (Å²) in [6.07, 6.45) is 1.28. The Morgan fingerprint density at radius 3 is 2.42 bits per heavy atom. The van der Waals surface area contributed by atoms with E-state index in [-0.39, 0.29) is 12.0 Å². The molecule has 1 aromatic carbocycles. The standard InChI is InChI=1S/C18H26N6/c1-12-9-13(2)11-24(10-12)14(3)16-21-17(19)23-18(22-16)20-15-7-5-4-6-8-15/h4-8,12-14H,9-11H2,1-3H3,(H3,19,20,21,22,23). The van der Waals surface area contributed by atoms with Crippen LogP contribution in [0.1, 0.15) is 39.1 Å². The van der Waals surface area contributed by atoms with E-state index in [1.54, 1.807) is 0 Å². The molecular weight excluding hydrogens is 300 g/mol. The van der Waals surface area contributed by atoms with Crippen molar-refractivity contribution in [1.29, 1.82) is 0 Å². The SMILES string of the molecule is CC1CC(C)CN(C(C)c2nc(N)nc(Nc3ccccc3)n2)C1. The minimum Gasteiger partial charge on any atom is -0.368 e. The summed E-state index contributed by atoms with van der Waals surface area (Å²) in [5.74, 6) is 2.86. The predicted octanol–water partition coefficient (Wildman–Crippen LogP) is 3.24. The van der Waals surface area contributed by atoms with Crippen LogP contribution in [0.4, 0.5) is 17.6 Å². The molecule has 1 aliphatic heterocycles. The highest BCUT2D eigenvalue weighted by atomic mass is 15.2. The van der Waals surface area contributed by atoms with Gasteiger partial charge in [-0.05, 0) is 37.3 Å². The van der Waals surface area contributed by atoms with Crippen LogP contribution in [0.5, 0.6) is 0 Å². The third kappa shape index (κ3) is 4.00. The average Bonchev–Trinajstić information content (AvgIpc) is 2.53. The Balaban J connectivity index is 1.80. The van der Waals surface area contributed by atoms with E-state index in [2.05, 4.69) is 45.9 Å². The van der Waals surface area contributed by atoms with Gasteiger partial charge in [0.25, 0.3) is 0 Å². The van der Waals surface area contributed by atoms with Crippen molar-refractivity contribution in [1.82, 2.24) is 19.9 Å². The van der Waals surface area contributed by atoms with Gasteiger partial charge in [0.2, 0.25) is 11.9 Å². The van der Waals surface area contributed by atoms with Crippen molar-refractivity contribution in [2.45, 2.75) is 33.2 Å². The molecule has 24 heavy (non-hydrogen) atoms. The molecule has 0 aliphatic carbocycles. The number of nitrogens with one attached hydrogen (secondary N) is 1. The highest BCUT2D eigenvalue weighted by molar-refractivity contribution is 5.53. The fourth-order valence-electron chi connectivity index (χ4n) is 3.49. The fraction of sp³-hybridized carbons (Fsp3) is 0.500. The van der Waals surface area contributed by atoms with Gasteiger partial charge in [-0.25, -0.2) is 0 Å². The van der Waals surface area contributed by atoms with Gasteiger partial charge in [-0.15, -0.1) is 0 Å². The van der Waals surface area contributed by atoms with Crippen LogP contribution in [-0.4, -0.2) is 32.9 Å². The summed E-state index contributed by atoms with van der Waals surface area (Å²) in [7, 11) is 0. The van der Waals surface area contributed by atoms with Crippen LogP contribution >= 0.6 is 0 Å². The van der Waals surface area contributed by atoms with E-state index < -0.39 is 0 Å². The van der Waals surface area contributed by atoms with Crippen molar-refractivity contribution in [3.63, 3.8) is 0 Å². The predicted molar refractivity (Wildman–Crippen MR) is 96.9 cm³/mol. The first kappa shape index (κ1) is 16.6. The topological polar surface area (TPSA) is 80.0 Å². The summed E-state index contributed by atoms with van der Waals surface area (Å²) >= 11 is 0. The normalized spacial score (nSPS) is 23.0. The van der Waals surface area contributed by atoms with Crippen LogP contribution in [0, 0.1) is 11.8 Å². The number of piperidine rings is 1. The van der Waals surface area contributed by atoms with Gasteiger partial charge in [0, 0.05) is 18.8 Å². The zero-order chi connectivity index (χ0) is 17.1. The molecule has 2 heterocycles. The van der Waals surface area contributed by atoms with Gasteiger partial charge in [-0.2, -0.15) is 15.0 Å². The van der Waals surface area contributed by atoms with Gasteiger partial charge in [0.05, 0.1) is 6.04 Å². The molecule has 0 bridgehead atoms. The molecular formula is C18H26N6. The van der Waals surface area contributed by atoms with Crippen molar-refractivity contribution in [3.8, 4) is 0 Å². The maximum absolute atomic E-state index is 5.91. The highest BCUT2D eigenvalue weighted by Gasteiger charge is 2.27. The largest absolute Gasteiger partial charge is 0.368 e. The molecule has 0 saturated carbocycles. The van der Waals surface area contributed by atoms with Crippen LogP contribution in [0.2, 0.25) is 0 Å². The van der Waals surface area contributed by atoms with Crippen molar-refractivity contribution in [2.75, 3.05) is 24.1 Å². The first-order valence-electron chi connectivity index (χ1n) is 8.59. The molecule has 6 nitrogen and oxygen atoms in total. The zero-order valence-corrected chi connectivity index (χ0v) is 14.6. The van der Waals surface area contributed by atoms with E-state index in [9.17, 15) is 0 Å². The first-order valence-corrected chi connectivity index (χ1v) is 8.59. The zero-order valence-electron chi connectivity index (χ0n) is 14.6. The van der Waals surface area contributed by atoms with Gasteiger partial charge >= 0.3 is 0 Å². The second-order valence-corrected chi connectivity index (χ2v) is 6.94. The second kappa shape index (κ2) is 7.13. The van der Waals surface area contributed by atoms with Gasteiger partial charge in [-0.1, -0.05) is 32.0 Å². The monoisotopic (exact) mass is 326 g/mol. The summed E-state index contributed by atoms with van der Waals surface area (Å²) in [5.41, 5.74) is 6.85. The summed E-state index contributed by atoms with van der Waals surface area (Å²) in [6, 6.07) is 9.96. The van der Waals surface area contributed by atoms with E-state index in [0.29, 0.717) is 17.8 Å². The molecule has 0 radical (unpaired) electrons. The van der Waals surface area contributed by atoms with E-state index in [4.69, 9.17) is 5.73 Å². The molecule has 6 heteroatoms. The number of likely N-dealkylation sites (tertiary alicyclic amines) is 1. The van der Waals surface area contributed by atoms with Crippen LogP contribution in [0.3, 0.4) is 0 Å². The van der Waals surface area contributed by atoms with Crippen molar-refractivity contribution >= 4 is 17.6 Å². The molecule has 2 aromatic rings. The number of para-hydroxylation sites is 1. The maximum Gasteiger partial charge on any atom is 0.232 e. The van der Waals surface area contributed by atoms with Crippen molar-refractivity contribution in [2.24, 2.45) is 11.8 Å². The number of aromatic nitrogens is 3. The Labute approximate surface area is 143 Å². The van der Waals surface area contributed by atoms with Gasteiger partial charge in [0.1, 0.15) is 0 Å². The molecule has 1 aromatic heterocycles. The minimum absolute atomic E-state index is 0.122. The van der Waals surface area contributed by atoms with Crippen LogP contribution in [0.15, 0.2) is 30.3 Å². The number of anilines is 3. The van der Waals surface area contributed by atoms with E-state index in [1.165, 1.54) is 6.42 Å². The molecule has 1 fully saturated rings. The van der Waals surface area contributed by atoms with Gasteiger partial charge < -0.3 is 11.1 Å². The van der Waals surface area contributed by atoms with Crippen LogP contribution in [0.25, 0.3) is 0 Å². The maximum atomic E-state index is 5.91.